The number of hydrogen-bond donors (Lipinski definition) is 2. The second kappa shape index (κ2) is 9.08. The summed E-state index contributed by atoms with van der Waals surface area (Å²) in [4.78, 5) is 6.43. The van der Waals surface area contributed by atoms with E-state index in [4.69, 9.17) is 0 Å². The zero-order valence-electron chi connectivity index (χ0n) is 14.9. The predicted octanol–water partition coefficient (Wildman–Crippen LogP) is 3.08. The topological polar surface area (TPSA) is 39.7 Å². The highest BCUT2D eigenvalue weighted by Gasteiger charge is 2.26. The molecular weight excluding hydrogens is 329 g/mol. The van der Waals surface area contributed by atoms with Gasteiger partial charge in [0, 0.05) is 39.3 Å². The molecule has 0 aliphatic carbocycles. The maximum absolute atomic E-state index is 12.2. The number of nitrogens with zero attached hydrogens (tertiary/aromatic N) is 2. The molecule has 0 amide bonds. The summed E-state index contributed by atoms with van der Waals surface area (Å²) in [7, 11) is 1.58. The van der Waals surface area contributed by atoms with Gasteiger partial charge in [0.25, 0.3) is 0 Å². The highest BCUT2D eigenvalue weighted by molar-refractivity contribution is 5.79. The molecule has 0 spiro atoms. The van der Waals surface area contributed by atoms with Crippen LogP contribution in [0.15, 0.2) is 29.3 Å². The lowest BCUT2D eigenvalue weighted by Gasteiger charge is -2.33. The minimum Gasteiger partial charge on any atom is -0.356 e. The summed E-state index contributed by atoms with van der Waals surface area (Å²) < 4.78 is 36.6. The average Bonchev–Trinajstić information content (AvgIpc) is 2.56. The number of aryl methyl sites for hydroxylation is 1. The van der Waals surface area contributed by atoms with E-state index in [2.05, 4.69) is 45.6 Å². The molecule has 140 valence electrons. The number of aliphatic imine (C=N–C) groups is 1. The number of halogens is 3. The van der Waals surface area contributed by atoms with Gasteiger partial charge in [0.05, 0.1) is 6.42 Å². The van der Waals surface area contributed by atoms with Gasteiger partial charge in [-0.3, -0.25) is 9.89 Å². The van der Waals surface area contributed by atoms with Gasteiger partial charge in [0.2, 0.25) is 0 Å². The molecule has 0 saturated carbocycles. The fourth-order valence-corrected chi connectivity index (χ4v) is 2.97. The number of piperidine rings is 1. The first-order valence-electron chi connectivity index (χ1n) is 8.68. The molecule has 1 aromatic rings. The molecule has 1 fully saturated rings. The van der Waals surface area contributed by atoms with Crippen LogP contribution in [0.25, 0.3) is 0 Å². The smallest absolute Gasteiger partial charge is 0.356 e. The SMILES string of the molecule is CN=C(NCCC(F)(F)F)NC1CCN(Cc2ccccc2C)CC1. The van der Waals surface area contributed by atoms with Gasteiger partial charge in [-0.25, -0.2) is 0 Å². The standard InChI is InChI=1S/C18H27F3N4/c1-14-5-3-4-6-15(14)13-25-11-7-16(8-12-25)24-17(22-2)23-10-9-18(19,20)21/h3-6,16H,7-13H2,1-2H3,(H2,22,23,24). The number of benzene rings is 1. The lowest BCUT2D eigenvalue weighted by atomic mass is 10.0. The molecule has 25 heavy (non-hydrogen) atoms. The monoisotopic (exact) mass is 356 g/mol. The van der Waals surface area contributed by atoms with Gasteiger partial charge >= 0.3 is 6.18 Å². The Balaban J connectivity index is 1.73. The van der Waals surface area contributed by atoms with Gasteiger partial charge in [-0.05, 0) is 30.9 Å². The molecule has 2 N–H and O–H groups in total. The Morgan fingerprint density at radius 2 is 1.92 bits per heavy atom. The van der Waals surface area contributed by atoms with E-state index in [9.17, 15) is 13.2 Å². The van der Waals surface area contributed by atoms with E-state index in [0.29, 0.717) is 5.96 Å². The molecule has 2 rings (SSSR count). The van der Waals surface area contributed by atoms with Gasteiger partial charge in [0.1, 0.15) is 0 Å². The Morgan fingerprint density at radius 3 is 2.52 bits per heavy atom. The predicted molar refractivity (Wildman–Crippen MR) is 94.6 cm³/mol. The van der Waals surface area contributed by atoms with Crippen LogP contribution in [-0.4, -0.2) is 49.8 Å². The Kier molecular flexibility index (Phi) is 7.11. The van der Waals surface area contributed by atoms with E-state index < -0.39 is 12.6 Å². The molecule has 0 atom stereocenters. The van der Waals surface area contributed by atoms with Gasteiger partial charge in [-0.1, -0.05) is 24.3 Å². The molecule has 1 aliphatic rings. The van der Waals surface area contributed by atoms with E-state index >= 15 is 0 Å². The molecule has 0 radical (unpaired) electrons. The lowest BCUT2D eigenvalue weighted by molar-refractivity contribution is -0.132. The van der Waals surface area contributed by atoms with E-state index in [1.54, 1.807) is 7.05 Å². The first-order chi connectivity index (χ1) is 11.9. The van der Waals surface area contributed by atoms with Crippen molar-refractivity contribution in [1.29, 1.82) is 0 Å². The second-order valence-corrected chi connectivity index (χ2v) is 6.49. The highest BCUT2D eigenvalue weighted by atomic mass is 19.4. The summed E-state index contributed by atoms with van der Waals surface area (Å²) in [6, 6.07) is 8.64. The van der Waals surface area contributed by atoms with E-state index in [0.717, 1.165) is 32.5 Å². The van der Waals surface area contributed by atoms with Crippen LogP contribution in [0.5, 0.6) is 0 Å². The van der Waals surface area contributed by atoms with Crippen molar-refractivity contribution in [1.82, 2.24) is 15.5 Å². The fraction of sp³-hybridized carbons (Fsp3) is 0.611. The van der Waals surface area contributed by atoms with Crippen molar-refractivity contribution in [2.24, 2.45) is 4.99 Å². The van der Waals surface area contributed by atoms with Crippen molar-refractivity contribution in [3.8, 4) is 0 Å². The van der Waals surface area contributed by atoms with Crippen molar-refractivity contribution in [3.63, 3.8) is 0 Å². The molecular formula is C18H27F3N4. The summed E-state index contributed by atoms with van der Waals surface area (Å²) in [6.45, 7) is 4.84. The number of hydrogen-bond acceptors (Lipinski definition) is 2. The highest BCUT2D eigenvalue weighted by Crippen LogP contribution is 2.18. The number of likely N-dealkylation sites (tertiary alicyclic amines) is 1. The molecule has 0 bridgehead atoms. The maximum Gasteiger partial charge on any atom is 0.390 e. The van der Waals surface area contributed by atoms with Crippen molar-refractivity contribution >= 4 is 5.96 Å². The number of alkyl halides is 3. The lowest BCUT2D eigenvalue weighted by Crippen LogP contribution is -2.48. The van der Waals surface area contributed by atoms with Crippen molar-refractivity contribution in [2.45, 2.75) is 44.9 Å². The first-order valence-corrected chi connectivity index (χ1v) is 8.68. The van der Waals surface area contributed by atoms with Crippen molar-refractivity contribution < 1.29 is 13.2 Å². The quantitative estimate of drug-likeness (QED) is 0.629. The molecule has 0 unspecified atom stereocenters. The summed E-state index contributed by atoms with van der Waals surface area (Å²) in [6.07, 6.45) is -3.10. The number of rotatable bonds is 5. The maximum atomic E-state index is 12.2. The average molecular weight is 356 g/mol. The van der Waals surface area contributed by atoms with Crippen LogP contribution in [0.1, 0.15) is 30.4 Å². The zero-order valence-corrected chi connectivity index (χ0v) is 14.9. The van der Waals surface area contributed by atoms with Crippen molar-refractivity contribution in [3.05, 3.63) is 35.4 Å². The Bertz CT molecular complexity index is 564. The van der Waals surface area contributed by atoms with Crippen LogP contribution in [0.4, 0.5) is 13.2 Å². The Labute approximate surface area is 147 Å². The minimum absolute atomic E-state index is 0.157. The third-order valence-electron chi connectivity index (χ3n) is 4.51. The van der Waals surface area contributed by atoms with Crippen LogP contribution >= 0.6 is 0 Å². The fourth-order valence-electron chi connectivity index (χ4n) is 2.97. The molecule has 1 aromatic carbocycles. The zero-order chi connectivity index (χ0) is 18.3. The van der Waals surface area contributed by atoms with Crippen LogP contribution in [0.2, 0.25) is 0 Å². The van der Waals surface area contributed by atoms with Gasteiger partial charge in [-0.15, -0.1) is 0 Å². The second-order valence-electron chi connectivity index (χ2n) is 6.49. The molecule has 7 heteroatoms. The molecule has 4 nitrogen and oxygen atoms in total. The summed E-state index contributed by atoms with van der Waals surface area (Å²) in [5.74, 6) is 0.446. The number of nitrogens with one attached hydrogen (secondary N) is 2. The number of guanidine groups is 1. The molecule has 1 aliphatic heterocycles. The van der Waals surface area contributed by atoms with Gasteiger partial charge in [0.15, 0.2) is 5.96 Å². The Hall–Kier alpha value is -1.76. The normalized spacial score (nSPS) is 17.6. The van der Waals surface area contributed by atoms with Crippen LogP contribution < -0.4 is 10.6 Å². The molecule has 1 saturated heterocycles. The van der Waals surface area contributed by atoms with E-state index in [-0.39, 0.29) is 12.6 Å². The minimum atomic E-state index is -4.15. The summed E-state index contributed by atoms with van der Waals surface area (Å²) in [5, 5.41) is 5.97. The Morgan fingerprint density at radius 1 is 1.24 bits per heavy atom. The van der Waals surface area contributed by atoms with Gasteiger partial charge < -0.3 is 10.6 Å². The first kappa shape index (κ1) is 19.6. The molecule has 1 heterocycles. The molecule has 0 aromatic heterocycles. The van der Waals surface area contributed by atoms with Crippen LogP contribution in [0.3, 0.4) is 0 Å². The summed E-state index contributed by atoms with van der Waals surface area (Å²) in [5.41, 5.74) is 2.65. The third-order valence-corrected chi connectivity index (χ3v) is 4.51. The van der Waals surface area contributed by atoms with Gasteiger partial charge in [-0.2, -0.15) is 13.2 Å². The van der Waals surface area contributed by atoms with E-state index in [1.165, 1.54) is 11.1 Å². The largest absolute Gasteiger partial charge is 0.390 e. The van der Waals surface area contributed by atoms with E-state index in [1.807, 2.05) is 6.07 Å². The third kappa shape index (κ3) is 6.94. The van der Waals surface area contributed by atoms with Crippen LogP contribution in [-0.2, 0) is 6.54 Å². The summed E-state index contributed by atoms with van der Waals surface area (Å²) >= 11 is 0. The van der Waals surface area contributed by atoms with Crippen molar-refractivity contribution in [2.75, 3.05) is 26.7 Å². The van der Waals surface area contributed by atoms with Crippen LogP contribution in [0, 0.1) is 6.92 Å².